The van der Waals surface area contributed by atoms with E-state index in [1.807, 2.05) is 13.8 Å². The van der Waals surface area contributed by atoms with Gasteiger partial charge in [-0.2, -0.15) is 8.42 Å². The van der Waals surface area contributed by atoms with Crippen molar-refractivity contribution < 1.29 is 42.0 Å². The number of hydrogen-bond acceptors (Lipinski definition) is 8. The standard InChI is InChI=1S/C28H46N4O9S/c1-27(2,3)41-26(37)31-20(15-9-7-6-8-10-15)24(35)32-14-17-19(28(17,4)5)21(32)23(34)30-18(25(36)42(38,39)40)13-16-11-12-29-22(16)33/h15-21,25,36H,6-14H2,1-5H3,(H,29,33)(H,30,34)(H,31,37)(H,38,39,40)/t16-,17-,18-,19-,20-,21-,25?/m0/s1. The monoisotopic (exact) mass is 614 g/mol. The fourth-order valence-corrected chi connectivity index (χ4v) is 7.77. The van der Waals surface area contributed by atoms with E-state index >= 15 is 0 Å². The van der Waals surface area contributed by atoms with Gasteiger partial charge in [-0.25, -0.2) is 4.79 Å². The van der Waals surface area contributed by atoms with Crippen LogP contribution in [0.2, 0.25) is 0 Å². The Hall–Kier alpha value is -2.45. The van der Waals surface area contributed by atoms with E-state index in [0.717, 1.165) is 32.1 Å². The second-order valence-electron chi connectivity index (χ2n) is 13.9. The molecule has 14 heteroatoms. The summed E-state index contributed by atoms with van der Waals surface area (Å²) in [5.41, 5.74) is -3.39. The minimum absolute atomic E-state index is 0.0105. The van der Waals surface area contributed by atoms with Gasteiger partial charge in [0.15, 0.2) is 0 Å². The number of rotatable bonds is 9. The van der Waals surface area contributed by atoms with Gasteiger partial charge >= 0.3 is 6.09 Å². The van der Waals surface area contributed by atoms with Crippen molar-refractivity contribution in [3.63, 3.8) is 0 Å². The Bertz CT molecular complexity index is 1180. The lowest BCUT2D eigenvalue weighted by atomic mass is 9.83. The molecule has 1 unspecified atom stereocenters. The first-order valence-electron chi connectivity index (χ1n) is 14.9. The topological polar surface area (TPSA) is 191 Å². The Morgan fingerprint density at radius 2 is 1.76 bits per heavy atom. The molecule has 4 amide bonds. The summed E-state index contributed by atoms with van der Waals surface area (Å²) in [7, 11) is -4.98. The number of hydrogen-bond donors (Lipinski definition) is 5. The maximum atomic E-state index is 14.2. The number of alkyl carbamates (subject to hydrolysis) is 1. The second-order valence-corrected chi connectivity index (χ2v) is 15.5. The Balaban J connectivity index is 1.59. The van der Waals surface area contributed by atoms with E-state index in [2.05, 4.69) is 16.0 Å². The van der Waals surface area contributed by atoms with Gasteiger partial charge in [-0.1, -0.05) is 33.1 Å². The lowest BCUT2D eigenvalue weighted by molar-refractivity contribution is -0.143. The molecule has 0 aromatic heterocycles. The van der Waals surface area contributed by atoms with E-state index in [0.29, 0.717) is 13.0 Å². The SMILES string of the molecule is CC(C)(C)OC(=O)N[C@H](C(=O)N1C[C@H]2[C@@H]([C@H]1C(=O)N[C@@H](C[C@@H]1CCNC1=O)C(O)S(=O)(=O)O)C2(C)C)C1CCCCC1. The molecule has 0 bridgehead atoms. The molecule has 0 radical (unpaired) electrons. The number of likely N-dealkylation sites (tertiary alicyclic amines) is 1. The average Bonchev–Trinajstić information content (AvgIpc) is 3.23. The van der Waals surface area contributed by atoms with Crippen molar-refractivity contribution in [2.45, 2.75) is 109 Å². The molecule has 5 N–H and O–H groups in total. The van der Waals surface area contributed by atoms with Crippen molar-refractivity contribution in [2.24, 2.45) is 29.1 Å². The summed E-state index contributed by atoms with van der Waals surface area (Å²) < 4.78 is 38.8. The quantitative estimate of drug-likeness (QED) is 0.237. The summed E-state index contributed by atoms with van der Waals surface area (Å²) in [5, 5.41) is 18.4. The van der Waals surface area contributed by atoms with Gasteiger partial charge in [0.25, 0.3) is 10.1 Å². The Morgan fingerprint density at radius 3 is 2.31 bits per heavy atom. The largest absolute Gasteiger partial charge is 0.444 e. The van der Waals surface area contributed by atoms with Crippen LogP contribution < -0.4 is 16.0 Å². The van der Waals surface area contributed by atoms with Crippen molar-refractivity contribution in [3.05, 3.63) is 0 Å². The zero-order valence-corrected chi connectivity index (χ0v) is 25.9. The van der Waals surface area contributed by atoms with Gasteiger partial charge in [0, 0.05) is 19.0 Å². The van der Waals surface area contributed by atoms with Crippen LogP contribution in [0, 0.1) is 29.1 Å². The number of aliphatic hydroxyl groups excluding tert-OH is 1. The summed E-state index contributed by atoms with van der Waals surface area (Å²) in [4.78, 5) is 54.5. The van der Waals surface area contributed by atoms with Gasteiger partial charge < -0.3 is 30.7 Å². The highest BCUT2D eigenvalue weighted by atomic mass is 32.2. The minimum atomic E-state index is -4.98. The molecular weight excluding hydrogens is 568 g/mol. The van der Waals surface area contributed by atoms with Gasteiger partial charge in [-0.05, 0) is 69.6 Å². The number of nitrogens with zero attached hydrogens (tertiary/aromatic N) is 1. The van der Waals surface area contributed by atoms with Crippen LogP contribution in [-0.2, 0) is 29.2 Å². The van der Waals surface area contributed by atoms with Crippen LogP contribution in [0.15, 0.2) is 0 Å². The van der Waals surface area contributed by atoms with Crippen LogP contribution >= 0.6 is 0 Å². The fraction of sp³-hybridized carbons (Fsp3) is 0.857. The minimum Gasteiger partial charge on any atom is -0.444 e. The van der Waals surface area contributed by atoms with Gasteiger partial charge in [0.2, 0.25) is 23.2 Å². The Kier molecular flexibility index (Phi) is 9.21. The molecule has 2 saturated carbocycles. The molecule has 13 nitrogen and oxygen atoms in total. The molecule has 0 aromatic rings. The van der Waals surface area contributed by atoms with Crippen LogP contribution in [0.4, 0.5) is 4.79 Å². The average molecular weight is 615 g/mol. The lowest BCUT2D eigenvalue weighted by Crippen LogP contribution is -2.60. The maximum absolute atomic E-state index is 14.2. The van der Waals surface area contributed by atoms with Gasteiger partial charge in [-0.3, -0.25) is 18.9 Å². The summed E-state index contributed by atoms with van der Waals surface area (Å²) in [6.45, 7) is 9.84. The molecule has 4 fully saturated rings. The maximum Gasteiger partial charge on any atom is 0.408 e. The number of carbonyl (C=O) groups excluding carboxylic acids is 4. The number of aliphatic hydroxyl groups is 1. The first-order valence-corrected chi connectivity index (χ1v) is 16.4. The zero-order chi connectivity index (χ0) is 31.2. The van der Waals surface area contributed by atoms with E-state index in [1.54, 1.807) is 20.8 Å². The van der Waals surface area contributed by atoms with Crippen LogP contribution in [0.1, 0.15) is 79.6 Å². The van der Waals surface area contributed by atoms with Crippen molar-refractivity contribution in [1.82, 2.24) is 20.9 Å². The summed E-state index contributed by atoms with van der Waals surface area (Å²) in [6, 6.07) is -3.37. The summed E-state index contributed by atoms with van der Waals surface area (Å²) in [6.07, 6.45) is 3.79. The normalized spacial score (nSPS) is 29.6. The molecule has 238 valence electrons. The van der Waals surface area contributed by atoms with E-state index in [1.165, 1.54) is 4.90 Å². The third-order valence-electron chi connectivity index (χ3n) is 9.50. The molecule has 2 heterocycles. The molecule has 4 aliphatic rings. The Morgan fingerprint density at radius 1 is 1.12 bits per heavy atom. The van der Waals surface area contributed by atoms with Gasteiger partial charge in [0.05, 0.1) is 6.04 Å². The first-order chi connectivity index (χ1) is 19.4. The summed E-state index contributed by atoms with van der Waals surface area (Å²) >= 11 is 0. The fourth-order valence-electron chi connectivity index (χ4n) is 7.17. The van der Waals surface area contributed by atoms with Crippen LogP contribution in [-0.4, -0.2) is 89.0 Å². The third kappa shape index (κ3) is 7.02. The highest BCUT2D eigenvalue weighted by Crippen LogP contribution is 2.65. The second kappa shape index (κ2) is 11.9. The molecule has 0 aromatic carbocycles. The highest BCUT2D eigenvalue weighted by Gasteiger charge is 2.69. The molecule has 42 heavy (non-hydrogen) atoms. The predicted molar refractivity (Wildman–Crippen MR) is 151 cm³/mol. The highest BCUT2D eigenvalue weighted by molar-refractivity contribution is 7.86. The number of nitrogens with one attached hydrogen (secondary N) is 3. The molecule has 2 aliphatic carbocycles. The van der Waals surface area contributed by atoms with Gasteiger partial charge in [-0.15, -0.1) is 0 Å². The number of fused-ring (bicyclic) bond motifs is 1. The van der Waals surface area contributed by atoms with Crippen molar-refractivity contribution >= 4 is 33.9 Å². The predicted octanol–water partition coefficient (Wildman–Crippen LogP) is 1.16. The van der Waals surface area contributed by atoms with Crippen molar-refractivity contribution in [3.8, 4) is 0 Å². The van der Waals surface area contributed by atoms with Crippen LogP contribution in [0.3, 0.4) is 0 Å². The molecule has 0 spiro atoms. The summed E-state index contributed by atoms with van der Waals surface area (Å²) in [5.74, 6) is -2.43. The van der Waals surface area contributed by atoms with E-state index in [4.69, 9.17) is 4.74 Å². The number of piperidine rings is 1. The van der Waals surface area contributed by atoms with E-state index in [9.17, 15) is 37.3 Å². The first kappa shape index (κ1) is 32.5. The number of ether oxygens (including phenoxy) is 1. The molecule has 2 saturated heterocycles. The van der Waals surface area contributed by atoms with E-state index < -0.39 is 63.1 Å². The number of carbonyl (C=O) groups is 4. The molecule has 4 rings (SSSR count). The Labute approximate surface area is 247 Å². The number of amides is 4. The zero-order valence-electron chi connectivity index (χ0n) is 25.1. The van der Waals surface area contributed by atoms with Crippen molar-refractivity contribution in [1.29, 1.82) is 0 Å². The third-order valence-corrected chi connectivity index (χ3v) is 10.4. The molecule has 2 aliphatic heterocycles. The lowest BCUT2D eigenvalue weighted by Gasteiger charge is -2.37. The van der Waals surface area contributed by atoms with Crippen molar-refractivity contribution in [2.75, 3.05) is 13.1 Å². The van der Waals surface area contributed by atoms with E-state index in [-0.39, 0.29) is 42.0 Å². The van der Waals surface area contributed by atoms with Crippen LogP contribution in [0.5, 0.6) is 0 Å². The molecule has 7 atom stereocenters. The van der Waals surface area contributed by atoms with Crippen LogP contribution in [0.25, 0.3) is 0 Å². The van der Waals surface area contributed by atoms with Gasteiger partial charge in [0.1, 0.15) is 17.7 Å². The molecular formula is C28H46N4O9S. The smallest absolute Gasteiger partial charge is 0.408 e.